The van der Waals surface area contributed by atoms with E-state index in [0.29, 0.717) is 29.2 Å². The molecule has 0 N–H and O–H groups in total. The molecule has 1 aliphatic rings. The summed E-state index contributed by atoms with van der Waals surface area (Å²) in [6, 6.07) is 1.78. The molecule has 0 bridgehead atoms. The maximum Gasteiger partial charge on any atom is 0.274 e. The number of aromatic nitrogens is 4. The fraction of sp³-hybridized carbons (Fsp3) is 0.588. The number of hydrogen-bond acceptors (Lipinski definition) is 3. The second-order valence-electron chi connectivity index (χ2n) is 7.02. The molecule has 0 radical (unpaired) electrons. The van der Waals surface area contributed by atoms with Crippen LogP contribution in [0.2, 0.25) is 5.02 Å². The SMILES string of the molecule is Cc1nn(Cn2ccc(C(=O)N3C[C@H](C)C[C@@H](C)C3)n2)c(C)c1Cl. The molecule has 3 heterocycles. The molecule has 1 amide bonds. The van der Waals surface area contributed by atoms with E-state index in [4.69, 9.17) is 11.6 Å². The van der Waals surface area contributed by atoms with E-state index in [1.165, 1.54) is 6.42 Å². The molecule has 7 heteroatoms. The second kappa shape index (κ2) is 6.59. The summed E-state index contributed by atoms with van der Waals surface area (Å²) in [5, 5.41) is 9.51. The van der Waals surface area contributed by atoms with Gasteiger partial charge in [-0.15, -0.1) is 0 Å². The Morgan fingerprint density at radius 1 is 1.25 bits per heavy atom. The van der Waals surface area contributed by atoms with Gasteiger partial charge in [0.05, 0.1) is 16.4 Å². The quantitative estimate of drug-likeness (QED) is 0.856. The van der Waals surface area contributed by atoms with Gasteiger partial charge in [-0.3, -0.25) is 9.48 Å². The molecule has 0 aliphatic carbocycles. The van der Waals surface area contributed by atoms with Crippen molar-refractivity contribution in [3.8, 4) is 0 Å². The van der Waals surface area contributed by atoms with Crippen LogP contribution in [0.5, 0.6) is 0 Å². The molecule has 2 aromatic rings. The summed E-state index contributed by atoms with van der Waals surface area (Å²) < 4.78 is 3.52. The number of likely N-dealkylation sites (tertiary alicyclic amines) is 1. The maximum absolute atomic E-state index is 12.7. The van der Waals surface area contributed by atoms with Crippen molar-refractivity contribution in [3.63, 3.8) is 0 Å². The Morgan fingerprint density at radius 2 is 1.92 bits per heavy atom. The van der Waals surface area contributed by atoms with Gasteiger partial charge in [-0.05, 0) is 38.2 Å². The average Bonchev–Trinajstić information content (AvgIpc) is 3.07. The Bertz CT molecular complexity index is 740. The number of halogens is 1. The molecule has 0 aromatic carbocycles. The third-order valence-electron chi connectivity index (χ3n) is 4.59. The van der Waals surface area contributed by atoms with Gasteiger partial charge >= 0.3 is 0 Å². The zero-order chi connectivity index (χ0) is 17.4. The van der Waals surface area contributed by atoms with Crippen molar-refractivity contribution in [2.75, 3.05) is 13.1 Å². The van der Waals surface area contributed by atoms with Crippen molar-refractivity contribution in [1.82, 2.24) is 24.5 Å². The lowest BCUT2D eigenvalue weighted by molar-refractivity contribution is 0.0616. The highest BCUT2D eigenvalue weighted by atomic mass is 35.5. The lowest BCUT2D eigenvalue weighted by atomic mass is 9.92. The van der Waals surface area contributed by atoms with Gasteiger partial charge in [0.25, 0.3) is 5.91 Å². The van der Waals surface area contributed by atoms with E-state index in [-0.39, 0.29) is 5.91 Å². The topological polar surface area (TPSA) is 56.0 Å². The molecular formula is C17H24ClN5O. The summed E-state index contributed by atoms with van der Waals surface area (Å²) in [5.74, 6) is 1.09. The Kier molecular flexibility index (Phi) is 4.67. The highest BCUT2D eigenvalue weighted by molar-refractivity contribution is 6.31. The predicted molar refractivity (Wildman–Crippen MR) is 93.2 cm³/mol. The number of carbonyl (C=O) groups excluding carboxylic acids is 1. The van der Waals surface area contributed by atoms with Crippen LogP contribution < -0.4 is 0 Å². The van der Waals surface area contributed by atoms with Crippen LogP contribution in [0.3, 0.4) is 0 Å². The summed E-state index contributed by atoms with van der Waals surface area (Å²) in [4.78, 5) is 14.6. The molecule has 0 saturated carbocycles. The first-order chi connectivity index (χ1) is 11.3. The van der Waals surface area contributed by atoms with Crippen molar-refractivity contribution in [1.29, 1.82) is 0 Å². The van der Waals surface area contributed by atoms with E-state index in [1.54, 1.807) is 15.4 Å². The van der Waals surface area contributed by atoms with Crippen molar-refractivity contribution in [3.05, 3.63) is 34.4 Å². The molecule has 0 spiro atoms. The van der Waals surface area contributed by atoms with Crippen LogP contribution in [0.15, 0.2) is 12.3 Å². The first kappa shape index (κ1) is 17.0. The number of piperidine rings is 1. The van der Waals surface area contributed by atoms with Gasteiger partial charge in [0.1, 0.15) is 12.4 Å². The van der Waals surface area contributed by atoms with Gasteiger partial charge in [0.15, 0.2) is 0 Å². The fourth-order valence-corrected chi connectivity index (χ4v) is 3.63. The van der Waals surface area contributed by atoms with E-state index in [9.17, 15) is 4.79 Å². The molecule has 0 unspecified atom stereocenters. The average molecular weight is 350 g/mol. The van der Waals surface area contributed by atoms with Gasteiger partial charge in [-0.1, -0.05) is 25.4 Å². The van der Waals surface area contributed by atoms with Gasteiger partial charge in [0.2, 0.25) is 0 Å². The Hall–Kier alpha value is -1.82. The minimum atomic E-state index is 0.0125. The van der Waals surface area contributed by atoms with Crippen molar-refractivity contribution in [2.45, 2.75) is 40.8 Å². The molecule has 2 aromatic heterocycles. The minimum Gasteiger partial charge on any atom is -0.337 e. The number of aryl methyl sites for hydroxylation is 1. The van der Waals surface area contributed by atoms with E-state index >= 15 is 0 Å². The number of carbonyl (C=O) groups is 1. The molecule has 1 fully saturated rings. The van der Waals surface area contributed by atoms with E-state index in [0.717, 1.165) is 24.5 Å². The van der Waals surface area contributed by atoms with E-state index in [2.05, 4.69) is 24.0 Å². The van der Waals surface area contributed by atoms with Crippen LogP contribution in [0.25, 0.3) is 0 Å². The van der Waals surface area contributed by atoms with Crippen LogP contribution in [0.1, 0.15) is 42.1 Å². The zero-order valence-corrected chi connectivity index (χ0v) is 15.4. The van der Waals surface area contributed by atoms with Crippen LogP contribution in [0, 0.1) is 25.7 Å². The molecule has 6 nitrogen and oxygen atoms in total. The monoisotopic (exact) mass is 349 g/mol. The summed E-state index contributed by atoms with van der Waals surface area (Å²) in [6.07, 6.45) is 2.99. The van der Waals surface area contributed by atoms with Crippen molar-refractivity contribution < 1.29 is 4.79 Å². The van der Waals surface area contributed by atoms with Gasteiger partial charge in [0, 0.05) is 19.3 Å². The molecule has 2 atom stereocenters. The minimum absolute atomic E-state index is 0.0125. The number of amides is 1. The van der Waals surface area contributed by atoms with Crippen LogP contribution >= 0.6 is 11.6 Å². The lowest BCUT2D eigenvalue weighted by Gasteiger charge is -2.34. The Balaban J connectivity index is 1.73. The van der Waals surface area contributed by atoms with Gasteiger partial charge in [-0.2, -0.15) is 10.2 Å². The normalized spacial score (nSPS) is 21.3. The third-order valence-corrected chi connectivity index (χ3v) is 5.13. The predicted octanol–water partition coefficient (Wildman–Crippen LogP) is 2.97. The van der Waals surface area contributed by atoms with E-state index in [1.807, 2.05) is 24.9 Å². The summed E-state index contributed by atoms with van der Waals surface area (Å²) in [6.45, 7) is 10.3. The smallest absolute Gasteiger partial charge is 0.274 e. The molecular weight excluding hydrogens is 326 g/mol. The molecule has 1 saturated heterocycles. The molecule has 130 valence electrons. The zero-order valence-electron chi connectivity index (χ0n) is 14.7. The first-order valence-electron chi connectivity index (χ1n) is 8.37. The van der Waals surface area contributed by atoms with Gasteiger partial charge in [-0.25, -0.2) is 4.68 Å². The first-order valence-corrected chi connectivity index (χ1v) is 8.75. The third kappa shape index (κ3) is 3.34. The largest absolute Gasteiger partial charge is 0.337 e. The lowest BCUT2D eigenvalue weighted by Crippen LogP contribution is -2.42. The standard InChI is InChI=1S/C17H24ClN5O/c1-11-7-12(2)9-21(8-11)17(24)15-5-6-22(20-15)10-23-14(4)16(18)13(3)19-23/h5-6,11-12H,7-10H2,1-4H3/t11-,12-/m1/s1. The van der Waals surface area contributed by atoms with Crippen LogP contribution in [-0.4, -0.2) is 43.5 Å². The number of hydrogen-bond donors (Lipinski definition) is 0. The number of rotatable bonds is 3. The second-order valence-corrected chi connectivity index (χ2v) is 7.40. The van der Waals surface area contributed by atoms with Crippen molar-refractivity contribution >= 4 is 17.5 Å². The Labute approximate surface area is 147 Å². The van der Waals surface area contributed by atoms with Gasteiger partial charge < -0.3 is 4.90 Å². The fourth-order valence-electron chi connectivity index (χ4n) is 3.50. The van der Waals surface area contributed by atoms with Crippen LogP contribution in [-0.2, 0) is 6.67 Å². The maximum atomic E-state index is 12.7. The van der Waals surface area contributed by atoms with E-state index < -0.39 is 0 Å². The van der Waals surface area contributed by atoms with Crippen LogP contribution in [0.4, 0.5) is 0 Å². The summed E-state index contributed by atoms with van der Waals surface area (Å²) >= 11 is 6.18. The molecule has 24 heavy (non-hydrogen) atoms. The Morgan fingerprint density at radius 3 is 2.50 bits per heavy atom. The molecule has 3 rings (SSSR count). The summed E-state index contributed by atoms with van der Waals surface area (Å²) in [5.41, 5.74) is 2.19. The number of nitrogens with zero attached hydrogens (tertiary/aromatic N) is 5. The molecule has 1 aliphatic heterocycles. The van der Waals surface area contributed by atoms with Crippen molar-refractivity contribution in [2.24, 2.45) is 11.8 Å². The highest BCUT2D eigenvalue weighted by Gasteiger charge is 2.27. The highest BCUT2D eigenvalue weighted by Crippen LogP contribution is 2.22. The summed E-state index contributed by atoms with van der Waals surface area (Å²) in [7, 11) is 0.